The highest BCUT2D eigenvalue weighted by atomic mass is 16.5. The molecule has 3 aliphatic heterocycles. The number of hydrogen-bond acceptors (Lipinski definition) is 5. The third-order valence-corrected chi connectivity index (χ3v) is 7.78. The highest BCUT2D eigenvalue weighted by Gasteiger charge is 2.72. The Morgan fingerprint density at radius 3 is 2.85 bits per heavy atom. The average molecular weight is 356 g/mol. The number of ether oxygens (including phenoxy) is 1. The van der Waals surface area contributed by atoms with Crippen molar-refractivity contribution in [3.05, 3.63) is 35.9 Å². The molecule has 5 rings (SSSR count). The Morgan fingerprint density at radius 1 is 1.31 bits per heavy atom. The van der Waals surface area contributed by atoms with Crippen LogP contribution < -0.4 is 9.64 Å². The van der Waals surface area contributed by atoms with Crippen LogP contribution in [0.1, 0.15) is 25.3 Å². The van der Waals surface area contributed by atoms with E-state index in [1.807, 2.05) is 13.1 Å². The van der Waals surface area contributed by atoms with Gasteiger partial charge in [0.2, 0.25) is 0 Å². The number of fused-ring (bicyclic) bond motifs is 1. The lowest BCUT2D eigenvalue weighted by Crippen LogP contribution is -2.73. The van der Waals surface area contributed by atoms with E-state index < -0.39 is 17.6 Å². The zero-order valence-electron chi connectivity index (χ0n) is 15.7. The number of anilines is 1. The van der Waals surface area contributed by atoms with Crippen LogP contribution in [0.25, 0.3) is 0 Å². The second-order valence-electron chi connectivity index (χ2n) is 8.43. The maximum atomic E-state index is 11.3. The molecule has 1 aromatic rings. The molecule has 26 heavy (non-hydrogen) atoms. The lowest BCUT2D eigenvalue weighted by molar-refractivity contribution is -0.139. The van der Waals surface area contributed by atoms with Gasteiger partial charge in [0.25, 0.3) is 0 Å². The predicted octanol–water partition coefficient (Wildman–Crippen LogP) is 1.53. The molecular weight excluding hydrogens is 328 g/mol. The summed E-state index contributed by atoms with van der Waals surface area (Å²) < 4.78 is 5.45. The predicted molar refractivity (Wildman–Crippen MR) is 101 cm³/mol. The Kier molecular flexibility index (Phi) is 3.35. The van der Waals surface area contributed by atoms with Gasteiger partial charge in [0.15, 0.2) is 0 Å². The van der Waals surface area contributed by atoms with Gasteiger partial charge >= 0.3 is 0 Å². The van der Waals surface area contributed by atoms with Crippen LogP contribution >= 0.6 is 0 Å². The van der Waals surface area contributed by atoms with Crippen LogP contribution in [0.15, 0.2) is 30.4 Å². The van der Waals surface area contributed by atoms with Gasteiger partial charge in [0.05, 0.1) is 19.3 Å². The molecule has 6 atom stereocenters. The van der Waals surface area contributed by atoms with Crippen LogP contribution in [-0.2, 0) is 5.41 Å². The monoisotopic (exact) mass is 356 g/mol. The Balaban J connectivity index is 1.78. The second kappa shape index (κ2) is 5.24. The lowest BCUT2D eigenvalue weighted by atomic mass is 9.51. The highest BCUT2D eigenvalue weighted by Crippen LogP contribution is 2.64. The number of nitrogens with zero attached hydrogens (tertiary/aromatic N) is 2. The third-order valence-electron chi connectivity index (χ3n) is 7.78. The summed E-state index contributed by atoms with van der Waals surface area (Å²) in [7, 11) is 3.74. The molecule has 4 aliphatic rings. The van der Waals surface area contributed by atoms with Crippen LogP contribution in [0.4, 0.5) is 5.69 Å². The van der Waals surface area contributed by atoms with Crippen molar-refractivity contribution in [3.63, 3.8) is 0 Å². The molecule has 3 heterocycles. The molecule has 1 aromatic carbocycles. The minimum absolute atomic E-state index is 0.110. The first-order valence-corrected chi connectivity index (χ1v) is 9.70. The Bertz CT molecular complexity index is 781. The molecule has 0 amide bonds. The first kappa shape index (κ1) is 16.6. The zero-order valence-corrected chi connectivity index (χ0v) is 15.7. The van der Waals surface area contributed by atoms with E-state index in [0.29, 0.717) is 0 Å². The minimum Gasteiger partial charge on any atom is -0.497 e. The first-order chi connectivity index (χ1) is 12.5. The zero-order chi connectivity index (χ0) is 18.3. The minimum atomic E-state index is -0.780. The molecule has 1 aliphatic carbocycles. The third kappa shape index (κ3) is 1.63. The maximum absolute atomic E-state index is 11.3. The van der Waals surface area contributed by atoms with Gasteiger partial charge in [-0.3, -0.25) is 4.90 Å². The molecule has 5 heteroatoms. The van der Waals surface area contributed by atoms with E-state index >= 15 is 0 Å². The molecule has 1 saturated heterocycles. The largest absolute Gasteiger partial charge is 0.497 e. The molecule has 0 radical (unpaired) electrons. The second-order valence-corrected chi connectivity index (χ2v) is 8.43. The topological polar surface area (TPSA) is 56.2 Å². The van der Waals surface area contributed by atoms with Gasteiger partial charge in [-0.1, -0.05) is 25.1 Å². The fourth-order valence-corrected chi connectivity index (χ4v) is 6.81. The Hall–Kier alpha value is -1.56. The number of aliphatic hydroxyl groups excluding tert-OH is 2. The van der Waals surface area contributed by atoms with Gasteiger partial charge in [0, 0.05) is 42.2 Å². The first-order valence-electron chi connectivity index (χ1n) is 9.70. The number of likely N-dealkylation sites (N-methyl/N-ethyl adjacent to an activating group) is 1. The van der Waals surface area contributed by atoms with Crippen molar-refractivity contribution >= 4 is 5.69 Å². The molecule has 1 spiro atoms. The molecular formula is C21H28N2O3. The molecule has 0 bridgehead atoms. The molecule has 2 N–H and O–H groups in total. The van der Waals surface area contributed by atoms with Crippen LogP contribution in [0.3, 0.4) is 0 Å². The van der Waals surface area contributed by atoms with Crippen molar-refractivity contribution in [1.82, 2.24) is 4.90 Å². The van der Waals surface area contributed by atoms with Crippen LogP contribution in [-0.4, -0.2) is 66.7 Å². The van der Waals surface area contributed by atoms with Crippen molar-refractivity contribution in [2.24, 2.45) is 5.41 Å². The quantitative estimate of drug-likeness (QED) is 0.787. The van der Waals surface area contributed by atoms with Crippen molar-refractivity contribution in [1.29, 1.82) is 0 Å². The SMILES string of the molecule is CC[C@]12C=CCN3CC[C@@]4(c5ccc(OC)cc5N(C)C4C(O)C1O)C32. The van der Waals surface area contributed by atoms with E-state index in [1.54, 1.807) is 7.11 Å². The number of rotatable bonds is 2. The number of methoxy groups -OCH3 is 1. The number of hydrogen-bond donors (Lipinski definition) is 2. The fraction of sp³-hybridized carbons (Fsp3) is 0.619. The van der Waals surface area contributed by atoms with Gasteiger partial charge in [-0.2, -0.15) is 0 Å². The fourth-order valence-electron chi connectivity index (χ4n) is 6.81. The highest BCUT2D eigenvalue weighted by molar-refractivity contribution is 5.69. The van der Waals surface area contributed by atoms with Crippen molar-refractivity contribution in [2.45, 2.75) is 49.5 Å². The summed E-state index contributed by atoms with van der Waals surface area (Å²) >= 11 is 0. The Labute approximate surface area is 154 Å². The van der Waals surface area contributed by atoms with E-state index in [-0.39, 0.29) is 17.5 Å². The smallest absolute Gasteiger partial charge is 0.120 e. The summed E-state index contributed by atoms with van der Waals surface area (Å²) in [6, 6.07) is 6.41. The van der Waals surface area contributed by atoms with E-state index in [2.05, 4.69) is 41.0 Å². The van der Waals surface area contributed by atoms with Crippen LogP contribution in [0, 0.1) is 5.41 Å². The molecule has 1 saturated carbocycles. The summed E-state index contributed by atoms with van der Waals surface area (Å²) in [6.07, 6.45) is 4.69. The van der Waals surface area contributed by atoms with Crippen LogP contribution in [0.5, 0.6) is 5.75 Å². The summed E-state index contributed by atoms with van der Waals surface area (Å²) in [6.45, 7) is 4.08. The Morgan fingerprint density at radius 2 is 2.12 bits per heavy atom. The number of aliphatic hydroxyl groups is 2. The van der Waals surface area contributed by atoms with E-state index in [1.165, 1.54) is 5.56 Å². The summed E-state index contributed by atoms with van der Waals surface area (Å²) in [5.74, 6) is 0.834. The molecule has 2 fully saturated rings. The van der Waals surface area contributed by atoms with Crippen molar-refractivity contribution in [3.8, 4) is 5.75 Å². The lowest BCUT2D eigenvalue weighted by Gasteiger charge is -2.60. The van der Waals surface area contributed by atoms with Crippen LogP contribution in [0.2, 0.25) is 0 Å². The van der Waals surface area contributed by atoms with Gasteiger partial charge in [-0.25, -0.2) is 0 Å². The average Bonchev–Trinajstić information content (AvgIpc) is 3.17. The maximum Gasteiger partial charge on any atom is 0.120 e. The van der Waals surface area contributed by atoms with Gasteiger partial charge in [0.1, 0.15) is 11.9 Å². The molecule has 4 unspecified atom stereocenters. The molecule has 0 aromatic heterocycles. The van der Waals surface area contributed by atoms with E-state index in [9.17, 15) is 10.2 Å². The summed E-state index contributed by atoms with van der Waals surface area (Å²) in [4.78, 5) is 4.71. The number of benzene rings is 1. The standard InChI is InChI=1S/C21H28N2O3/c1-4-20-8-5-10-23-11-9-21(19(20)23)14-7-6-13(26-3)12-15(14)22(2)17(21)16(24)18(20)25/h5-8,12,16-19,24-25H,4,9-11H2,1-3H3/t16?,17?,18?,19?,20-,21-/m0/s1. The normalized spacial score (nSPS) is 43.2. The van der Waals surface area contributed by atoms with Gasteiger partial charge in [-0.05, 0) is 31.0 Å². The van der Waals surface area contributed by atoms with Gasteiger partial charge < -0.3 is 19.8 Å². The summed E-state index contributed by atoms with van der Waals surface area (Å²) in [5.41, 5.74) is 1.88. The van der Waals surface area contributed by atoms with Crippen molar-refractivity contribution < 1.29 is 14.9 Å². The van der Waals surface area contributed by atoms with Gasteiger partial charge in [-0.15, -0.1) is 0 Å². The van der Waals surface area contributed by atoms with E-state index in [0.717, 1.165) is 37.4 Å². The van der Waals surface area contributed by atoms with E-state index in [4.69, 9.17) is 4.74 Å². The molecule has 5 nitrogen and oxygen atoms in total. The summed E-state index contributed by atoms with van der Waals surface area (Å²) in [5, 5.41) is 22.5. The van der Waals surface area contributed by atoms with Crippen molar-refractivity contribution in [2.75, 3.05) is 32.1 Å². The molecule has 140 valence electrons.